The van der Waals surface area contributed by atoms with Gasteiger partial charge in [-0.3, -0.25) is 9.36 Å². The Morgan fingerprint density at radius 3 is 2.23 bits per heavy atom. The molecule has 0 aliphatic heterocycles. The maximum Gasteiger partial charge on any atom is 0.250 e. The Bertz CT molecular complexity index is 1130. The second kappa shape index (κ2) is 9.67. The van der Waals surface area contributed by atoms with Gasteiger partial charge in [0.05, 0.1) is 12.0 Å². The number of para-hydroxylation sites is 1. The standard InChI is InChI=1S/C23H19N5OS/c29-21(25-24-16-18-10-4-1-5-11-18)17-30-23-27-26-22(19-12-6-2-7-13-19)28(23)20-14-8-3-9-15-20/h1-16H,17H2,(H,25,29)/b24-16-. The van der Waals surface area contributed by atoms with Crippen LogP contribution in [0.2, 0.25) is 0 Å². The summed E-state index contributed by atoms with van der Waals surface area (Å²) in [4.78, 5) is 12.2. The zero-order chi connectivity index (χ0) is 20.6. The molecular weight excluding hydrogens is 394 g/mol. The van der Waals surface area contributed by atoms with E-state index in [2.05, 4.69) is 20.7 Å². The minimum Gasteiger partial charge on any atom is -0.272 e. The first-order valence-electron chi connectivity index (χ1n) is 9.37. The first kappa shape index (κ1) is 19.6. The molecular formula is C23H19N5OS. The van der Waals surface area contributed by atoms with Crippen molar-refractivity contribution in [3.05, 3.63) is 96.6 Å². The molecule has 7 heteroatoms. The first-order chi connectivity index (χ1) is 14.8. The van der Waals surface area contributed by atoms with Crippen molar-refractivity contribution < 1.29 is 4.79 Å². The molecule has 30 heavy (non-hydrogen) atoms. The minimum absolute atomic E-state index is 0.173. The van der Waals surface area contributed by atoms with Gasteiger partial charge >= 0.3 is 0 Å². The van der Waals surface area contributed by atoms with Gasteiger partial charge in [0, 0.05) is 11.3 Å². The van der Waals surface area contributed by atoms with Crippen LogP contribution < -0.4 is 5.43 Å². The molecule has 0 radical (unpaired) electrons. The third-order valence-electron chi connectivity index (χ3n) is 4.21. The molecule has 1 heterocycles. The Morgan fingerprint density at radius 2 is 1.53 bits per heavy atom. The summed E-state index contributed by atoms with van der Waals surface area (Å²) >= 11 is 1.32. The molecule has 3 aromatic carbocycles. The SMILES string of the molecule is O=C(CSc1nnc(-c2ccccc2)n1-c1ccccc1)N/N=C\c1ccccc1. The van der Waals surface area contributed by atoms with Gasteiger partial charge in [-0.05, 0) is 17.7 Å². The van der Waals surface area contributed by atoms with Crippen molar-refractivity contribution in [2.75, 3.05) is 5.75 Å². The van der Waals surface area contributed by atoms with Crippen LogP contribution in [0, 0.1) is 0 Å². The number of nitrogens with zero attached hydrogens (tertiary/aromatic N) is 4. The Morgan fingerprint density at radius 1 is 0.900 bits per heavy atom. The summed E-state index contributed by atoms with van der Waals surface area (Å²) in [5.41, 5.74) is 5.36. The van der Waals surface area contributed by atoms with Gasteiger partial charge in [-0.15, -0.1) is 10.2 Å². The largest absolute Gasteiger partial charge is 0.272 e. The highest BCUT2D eigenvalue weighted by Gasteiger charge is 2.16. The molecule has 0 saturated carbocycles. The van der Waals surface area contributed by atoms with E-state index in [9.17, 15) is 4.79 Å². The van der Waals surface area contributed by atoms with Crippen molar-refractivity contribution in [1.82, 2.24) is 20.2 Å². The lowest BCUT2D eigenvalue weighted by molar-refractivity contribution is -0.118. The van der Waals surface area contributed by atoms with E-state index in [4.69, 9.17) is 0 Å². The van der Waals surface area contributed by atoms with Crippen LogP contribution in [-0.2, 0) is 4.79 Å². The third-order valence-corrected chi connectivity index (χ3v) is 5.14. The van der Waals surface area contributed by atoms with Gasteiger partial charge in [0.15, 0.2) is 11.0 Å². The summed E-state index contributed by atoms with van der Waals surface area (Å²) in [6.07, 6.45) is 1.61. The van der Waals surface area contributed by atoms with Gasteiger partial charge in [-0.2, -0.15) is 5.10 Å². The highest BCUT2D eigenvalue weighted by Crippen LogP contribution is 2.27. The van der Waals surface area contributed by atoms with E-state index in [1.807, 2.05) is 95.6 Å². The molecule has 0 unspecified atom stereocenters. The molecule has 0 spiro atoms. The average Bonchev–Trinajstić information content (AvgIpc) is 3.23. The zero-order valence-corrected chi connectivity index (χ0v) is 16.9. The molecule has 0 aliphatic rings. The van der Waals surface area contributed by atoms with Gasteiger partial charge in [0.1, 0.15) is 0 Å². The van der Waals surface area contributed by atoms with Crippen molar-refractivity contribution in [1.29, 1.82) is 0 Å². The van der Waals surface area contributed by atoms with Crippen molar-refractivity contribution >= 4 is 23.9 Å². The van der Waals surface area contributed by atoms with Crippen molar-refractivity contribution in [2.24, 2.45) is 5.10 Å². The fraction of sp³-hybridized carbons (Fsp3) is 0.0435. The molecule has 0 saturated heterocycles. The minimum atomic E-state index is -0.212. The summed E-state index contributed by atoms with van der Waals surface area (Å²) < 4.78 is 1.96. The maximum atomic E-state index is 12.2. The Kier molecular flexibility index (Phi) is 6.31. The van der Waals surface area contributed by atoms with Crippen molar-refractivity contribution in [3.8, 4) is 17.1 Å². The van der Waals surface area contributed by atoms with Crippen LogP contribution >= 0.6 is 11.8 Å². The molecule has 148 valence electrons. The van der Waals surface area contributed by atoms with E-state index < -0.39 is 0 Å². The van der Waals surface area contributed by atoms with E-state index >= 15 is 0 Å². The molecule has 0 bridgehead atoms. The van der Waals surface area contributed by atoms with Crippen LogP contribution in [0.3, 0.4) is 0 Å². The fourth-order valence-electron chi connectivity index (χ4n) is 2.83. The van der Waals surface area contributed by atoms with E-state index in [0.29, 0.717) is 5.16 Å². The predicted molar refractivity (Wildman–Crippen MR) is 120 cm³/mol. The Hall–Kier alpha value is -3.71. The van der Waals surface area contributed by atoms with Gasteiger partial charge in [0.2, 0.25) is 0 Å². The van der Waals surface area contributed by atoms with Crippen molar-refractivity contribution in [2.45, 2.75) is 5.16 Å². The van der Waals surface area contributed by atoms with Gasteiger partial charge in [0.25, 0.3) is 5.91 Å². The van der Waals surface area contributed by atoms with Crippen LogP contribution in [0.4, 0.5) is 0 Å². The Balaban J connectivity index is 1.49. The van der Waals surface area contributed by atoms with Crippen LogP contribution in [0.1, 0.15) is 5.56 Å². The molecule has 0 fully saturated rings. The van der Waals surface area contributed by atoms with E-state index in [1.165, 1.54) is 11.8 Å². The number of rotatable bonds is 7. The topological polar surface area (TPSA) is 72.2 Å². The highest BCUT2D eigenvalue weighted by atomic mass is 32.2. The second-order valence-electron chi connectivity index (χ2n) is 6.34. The van der Waals surface area contributed by atoms with E-state index in [0.717, 1.165) is 22.6 Å². The number of nitrogens with one attached hydrogen (secondary N) is 1. The number of thioether (sulfide) groups is 1. The van der Waals surface area contributed by atoms with Gasteiger partial charge in [-0.1, -0.05) is 90.6 Å². The lowest BCUT2D eigenvalue weighted by Gasteiger charge is -2.10. The van der Waals surface area contributed by atoms with Crippen LogP contribution in [0.15, 0.2) is 101 Å². The van der Waals surface area contributed by atoms with Crippen LogP contribution in [0.25, 0.3) is 17.1 Å². The average molecular weight is 414 g/mol. The predicted octanol–water partition coefficient (Wildman–Crippen LogP) is 4.18. The molecule has 4 aromatic rings. The van der Waals surface area contributed by atoms with Gasteiger partial charge < -0.3 is 0 Å². The maximum absolute atomic E-state index is 12.2. The number of hydrazone groups is 1. The number of carbonyl (C=O) groups is 1. The van der Waals surface area contributed by atoms with Crippen LogP contribution in [0.5, 0.6) is 0 Å². The van der Waals surface area contributed by atoms with Crippen LogP contribution in [-0.4, -0.2) is 32.6 Å². The summed E-state index contributed by atoms with van der Waals surface area (Å²) in [5.74, 6) is 0.689. The molecule has 1 amide bonds. The number of carbonyl (C=O) groups excluding carboxylic acids is 1. The summed E-state index contributed by atoms with van der Waals surface area (Å²) in [6, 6.07) is 29.3. The Labute approximate surface area is 178 Å². The number of aromatic nitrogens is 3. The molecule has 4 rings (SSSR count). The zero-order valence-electron chi connectivity index (χ0n) is 16.1. The monoisotopic (exact) mass is 413 g/mol. The lowest BCUT2D eigenvalue weighted by Crippen LogP contribution is -2.20. The molecule has 1 N–H and O–H groups in total. The molecule has 0 aliphatic carbocycles. The number of hydrogen-bond donors (Lipinski definition) is 1. The van der Waals surface area contributed by atoms with E-state index in [1.54, 1.807) is 6.21 Å². The number of hydrogen-bond acceptors (Lipinski definition) is 5. The normalized spacial score (nSPS) is 10.9. The molecule has 1 aromatic heterocycles. The lowest BCUT2D eigenvalue weighted by atomic mass is 10.2. The van der Waals surface area contributed by atoms with Gasteiger partial charge in [-0.25, -0.2) is 5.43 Å². The van der Waals surface area contributed by atoms with Crippen molar-refractivity contribution in [3.63, 3.8) is 0 Å². The first-order valence-corrected chi connectivity index (χ1v) is 10.4. The molecule has 6 nitrogen and oxygen atoms in total. The smallest absolute Gasteiger partial charge is 0.250 e. The number of benzene rings is 3. The number of amides is 1. The third kappa shape index (κ3) is 4.82. The molecule has 0 atom stereocenters. The quantitative estimate of drug-likeness (QED) is 0.280. The second-order valence-corrected chi connectivity index (χ2v) is 7.28. The fourth-order valence-corrected chi connectivity index (χ4v) is 3.57. The summed E-state index contributed by atoms with van der Waals surface area (Å²) in [7, 11) is 0. The summed E-state index contributed by atoms with van der Waals surface area (Å²) in [5, 5.41) is 13.3. The summed E-state index contributed by atoms with van der Waals surface area (Å²) in [6.45, 7) is 0. The van der Waals surface area contributed by atoms with E-state index in [-0.39, 0.29) is 11.7 Å². The highest BCUT2D eigenvalue weighted by molar-refractivity contribution is 7.99.